The first kappa shape index (κ1) is 12.1. The number of nitrogens with one attached hydrogen (secondary N) is 1. The minimum absolute atomic E-state index is 0.350. The number of hydrazine groups is 1. The molecule has 1 unspecified atom stereocenters. The predicted octanol–water partition coefficient (Wildman–Crippen LogP) is 1.06. The molecule has 74 valence electrons. The van der Waals surface area contributed by atoms with Gasteiger partial charge in [0.15, 0.2) is 0 Å². The molecular weight excluding hydrogens is 179 g/mol. The monoisotopic (exact) mass is 196 g/mol. The third kappa shape index (κ3) is 3.21. The Morgan fingerprint density at radius 3 is 2.08 bits per heavy atom. The van der Waals surface area contributed by atoms with Crippen molar-refractivity contribution < 1.29 is 13.6 Å². The molecule has 0 aromatic carbocycles. The molecule has 0 aromatic rings. The molecule has 0 aliphatic heterocycles. The van der Waals surface area contributed by atoms with Crippen molar-refractivity contribution in [3.05, 3.63) is 0 Å². The summed E-state index contributed by atoms with van der Waals surface area (Å²) in [7, 11) is -3.05. The minimum atomic E-state index is -3.05. The first-order chi connectivity index (χ1) is 5.60. The van der Waals surface area contributed by atoms with E-state index in [0.717, 1.165) is 0 Å². The molecule has 0 bridgehead atoms. The summed E-state index contributed by atoms with van der Waals surface area (Å²) in [4.78, 5) is 0. The highest BCUT2D eigenvalue weighted by Gasteiger charge is 2.30. The standard InChI is InChI=1S/C6H17N2O3P/c1-4-10-12(9,11-5-2)6(3)8-7/h6,8H,4-5,7H2,1-3H3. The Bertz CT molecular complexity index is 155. The van der Waals surface area contributed by atoms with Crippen LogP contribution in [-0.4, -0.2) is 19.0 Å². The van der Waals surface area contributed by atoms with E-state index in [-0.39, 0.29) is 0 Å². The van der Waals surface area contributed by atoms with Crippen molar-refractivity contribution in [1.29, 1.82) is 0 Å². The number of hydrogen-bond acceptors (Lipinski definition) is 5. The highest BCUT2D eigenvalue weighted by atomic mass is 31.2. The van der Waals surface area contributed by atoms with Crippen molar-refractivity contribution in [3.63, 3.8) is 0 Å². The number of nitrogens with two attached hydrogens (primary N) is 1. The van der Waals surface area contributed by atoms with Crippen molar-refractivity contribution >= 4 is 7.60 Å². The molecule has 0 aliphatic carbocycles. The number of hydrogen-bond donors (Lipinski definition) is 2. The third-order valence-electron chi connectivity index (χ3n) is 1.33. The van der Waals surface area contributed by atoms with Crippen molar-refractivity contribution in [1.82, 2.24) is 5.43 Å². The Hall–Kier alpha value is 0.0700. The van der Waals surface area contributed by atoms with E-state index in [9.17, 15) is 4.57 Å². The fourth-order valence-electron chi connectivity index (χ4n) is 0.712. The first-order valence-electron chi connectivity index (χ1n) is 3.95. The fourth-order valence-corrected chi connectivity index (χ4v) is 2.14. The summed E-state index contributed by atoms with van der Waals surface area (Å²) in [5, 5.41) is 0. The van der Waals surface area contributed by atoms with Gasteiger partial charge in [-0.2, -0.15) is 0 Å². The van der Waals surface area contributed by atoms with Gasteiger partial charge in [-0.15, -0.1) is 0 Å². The topological polar surface area (TPSA) is 73.6 Å². The highest BCUT2D eigenvalue weighted by Crippen LogP contribution is 2.51. The van der Waals surface area contributed by atoms with Gasteiger partial charge in [-0.05, 0) is 20.8 Å². The molecular formula is C6H17N2O3P. The Balaban J connectivity index is 4.27. The molecule has 0 spiro atoms. The van der Waals surface area contributed by atoms with E-state index in [1.807, 2.05) is 0 Å². The van der Waals surface area contributed by atoms with Crippen LogP contribution in [0, 0.1) is 0 Å². The summed E-state index contributed by atoms with van der Waals surface area (Å²) in [5.74, 6) is 4.66. The quantitative estimate of drug-likeness (QED) is 0.377. The van der Waals surface area contributed by atoms with Crippen LogP contribution in [0.1, 0.15) is 20.8 Å². The zero-order chi connectivity index (χ0) is 9.61. The summed E-state index contributed by atoms with van der Waals surface area (Å²) < 4.78 is 21.8. The molecule has 0 aromatic heterocycles. The molecule has 0 saturated carbocycles. The van der Waals surface area contributed by atoms with E-state index in [4.69, 9.17) is 14.9 Å². The molecule has 0 rings (SSSR count). The van der Waals surface area contributed by atoms with E-state index in [0.29, 0.717) is 13.2 Å². The van der Waals surface area contributed by atoms with Crippen LogP contribution in [0.5, 0.6) is 0 Å². The van der Waals surface area contributed by atoms with E-state index in [1.54, 1.807) is 20.8 Å². The Morgan fingerprint density at radius 1 is 1.42 bits per heavy atom. The van der Waals surface area contributed by atoms with Crippen molar-refractivity contribution in [2.45, 2.75) is 26.6 Å². The van der Waals surface area contributed by atoms with Gasteiger partial charge in [0, 0.05) is 0 Å². The summed E-state index contributed by atoms with van der Waals surface area (Å²) in [5.41, 5.74) is 2.36. The summed E-state index contributed by atoms with van der Waals surface area (Å²) in [6.45, 7) is 5.88. The zero-order valence-electron chi connectivity index (χ0n) is 7.74. The zero-order valence-corrected chi connectivity index (χ0v) is 8.64. The lowest BCUT2D eigenvalue weighted by Gasteiger charge is -2.22. The molecule has 6 heteroatoms. The van der Waals surface area contributed by atoms with E-state index in [1.165, 1.54) is 0 Å². The van der Waals surface area contributed by atoms with Crippen molar-refractivity contribution in [3.8, 4) is 0 Å². The van der Waals surface area contributed by atoms with Gasteiger partial charge in [0.2, 0.25) is 0 Å². The molecule has 5 nitrogen and oxygen atoms in total. The molecule has 1 atom stereocenters. The molecule has 0 saturated heterocycles. The van der Waals surface area contributed by atoms with Crippen LogP contribution in [0.25, 0.3) is 0 Å². The molecule has 0 radical (unpaired) electrons. The van der Waals surface area contributed by atoms with E-state index >= 15 is 0 Å². The predicted molar refractivity (Wildman–Crippen MR) is 47.6 cm³/mol. The van der Waals surface area contributed by atoms with Gasteiger partial charge >= 0.3 is 7.60 Å². The average Bonchev–Trinajstić information content (AvgIpc) is 2.04. The lowest BCUT2D eigenvalue weighted by Crippen LogP contribution is -2.33. The van der Waals surface area contributed by atoms with Crippen LogP contribution >= 0.6 is 7.60 Å². The second-order valence-electron chi connectivity index (χ2n) is 2.22. The highest BCUT2D eigenvalue weighted by molar-refractivity contribution is 7.54. The normalized spacial score (nSPS) is 14.7. The van der Waals surface area contributed by atoms with Gasteiger partial charge in [0.25, 0.3) is 0 Å². The molecule has 0 fully saturated rings. The molecule has 0 aliphatic rings. The lowest BCUT2D eigenvalue weighted by molar-refractivity contribution is 0.209. The Labute approximate surface area is 73.1 Å². The van der Waals surface area contributed by atoms with Gasteiger partial charge < -0.3 is 9.05 Å². The van der Waals surface area contributed by atoms with Crippen LogP contribution in [0.15, 0.2) is 0 Å². The van der Waals surface area contributed by atoms with Crippen LogP contribution in [-0.2, 0) is 13.6 Å². The van der Waals surface area contributed by atoms with Gasteiger partial charge in [-0.3, -0.25) is 10.4 Å². The van der Waals surface area contributed by atoms with Crippen LogP contribution in [0.3, 0.4) is 0 Å². The molecule has 3 N–H and O–H groups in total. The van der Waals surface area contributed by atoms with Gasteiger partial charge in [-0.25, -0.2) is 5.43 Å². The molecule has 0 heterocycles. The summed E-state index contributed by atoms with van der Waals surface area (Å²) >= 11 is 0. The summed E-state index contributed by atoms with van der Waals surface area (Å²) in [6.07, 6.45) is 0. The van der Waals surface area contributed by atoms with Crippen molar-refractivity contribution in [2.24, 2.45) is 5.84 Å². The smallest absolute Gasteiger partial charge is 0.308 e. The Kier molecular flexibility index (Phi) is 5.70. The fraction of sp³-hybridized carbons (Fsp3) is 1.00. The van der Waals surface area contributed by atoms with Gasteiger partial charge in [0.1, 0.15) is 5.78 Å². The average molecular weight is 196 g/mol. The molecule has 0 amide bonds. The maximum Gasteiger partial charge on any atom is 0.348 e. The maximum absolute atomic E-state index is 11.8. The van der Waals surface area contributed by atoms with Crippen molar-refractivity contribution in [2.75, 3.05) is 13.2 Å². The van der Waals surface area contributed by atoms with Gasteiger partial charge in [-0.1, -0.05) is 0 Å². The second kappa shape index (κ2) is 5.67. The SMILES string of the molecule is CCOP(=O)(OCC)C(C)NN. The number of rotatable bonds is 6. The molecule has 12 heavy (non-hydrogen) atoms. The van der Waals surface area contributed by atoms with Crippen LogP contribution in [0.4, 0.5) is 0 Å². The summed E-state index contributed by atoms with van der Waals surface area (Å²) in [6, 6.07) is 0. The first-order valence-corrected chi connectivity index (χ1v) is 5.56. The van der Waals surface area contributed by atoms with E-state index < -0.39 is 13.4 Å². The van der Waals surface area contributed by atoms with Crippen LogP contribution < -0.4 is 11.3 Å². The van der Waals surface area contributed by atoms with Gasteiger partial charge in [0.05, 0.1) is 13.2 Å². The largest absolute Gasteiger partial charge is 0.348 e. The maximum atomic E-state index is 11.8. The Morgan fingerprint density at radius 2 is 1.83 bits per heavy atom. The van der Waals surface area contributed by atoms with Crippen LogP contribution in [0.2, 0.25) is 0 Å². The third-order valence-corrected chi connectivity index (χ3v) is 3.67. The van der Waals surface area contributed by atoms with E-state index in [2.05, 4.69) is 5.43 Å². The lowest BCUT2D eigenvalue weighted by atomic mass is 10.8. The second-order valence-corrected chi connectivity index (χ2v) is 4.59. The minimum Gasteiger partial charge on any atom is -0.308 e.